The minimum Gasteiger partial charge on any atom is -0.482 e. The van der Waals surface area contributed by atoms with Crippen LogP contribution in [0.2, 0.25) is 0 Å². The van der Waals surface area contributed by atoms with Crippen LogP contribution in [0.1, 0.15) is 44.2 Å². The number of pyridine rings is 1. The molecule has 2 unspecified atom stereocenters. The van der Waals surface area contributed by atoms with E-state index >= 15 is 0 Å². The van der Waals surface area contributed by atoms with Gasteiger partial charge >= 0.3 is 6.09 Å². The first-order chi connectivity index (χ1) is 15.2. The van der Waals surface area contributed by atoms with Gasteiger partial charge in [-0.2, -0.15) is 0 Å². The third kappa shape index (κ3) is 6.41. The molecular weight excluding hydrogens is 408 g/mol. The van der Waals surface area contributed by atoms with E-state index in [-0.39, 0.29) is 17.7 Å². The summed E-state index contributed by atoms with van der Waals surface area (Å²) in [4.78, 5) is 28.2. The monoisotopic (exact) mass is 436 g/mol. The number of benzene rings is 1. The van der Waals surface area contributed by atoms with Crippen LogP contribution in [-0.2, 0) is 9.53 Å². The van der Waals surface area contributed by atoms with E-state index < -0.39 is 17.8 Å². The van der Waals surface area contributed by atoms with Crippen molar-refractivity contribution in [3.8, 4) is 5.75 Å². The van der Waals surface area contributed by atoms with Gasteiger partial charge in [-0.25, -0.2) is 4.79 Å². The summed E-state index contributed by atoms with van der Waals surface area (Å²) in [5.41, 5.74) is 1.15. The Balaban J connectivity index is 1.60. The Morgan fingerprint density at radius 3 is 2.62 bits per heavy atom. The lowest BCUT2D eigenvalue weighted by Gasteiger charge is -2.23. The first-order valence-electron chi connectivity index (χ1n) is 10.4. The van der Waals surface area contributed by atoms with Crippen LogP contribution in [0.3, 0.4) is 0 Å². The van der Waals surface area contributed by atoms with E-state index in [1.165, 1.54) is 6.08 Å². The minimum absolute atomic E-state index is 0.0793. The van der Waals surface area contributed by atoms with Gasteiger partial charge in [-0.3, -0.25) is 20.5 Å². The Kier molecular flexibility index (Phi) is 7.25. The number of carbonyl (C=O) groups excluding carboxylic acids is 2. The highest BCUT2D eigenvalue weighted by atomic mass is 16.6. The quantitative estimate of drug-likeness (QED) is 0.363. The van der Waals surface area contributed by atoms with Crippen LogP contribution in [0.5, 0.6) is 5.75 Å². The van der Waals surface area contributed by atoms with Gasteiger partial charge in [0.2, 0.25) is 5.91 Å². The van der Waals surface area contributed by atoms with Gasteiger partial charge in [0.05, 0.1) is 0 Å². The fourth-order valence-corrected chi connectivity index (χ4v) is 3.38. The molecule has 2 amide bonds. The summed E-state index contributed by atoms with van der Waals surface area (Å²) in [5.74, 6) is 0.178. The Bertz CT molecular complexity index is 999. The molecule has 32 heavy (non-hydrogen) atoms. The second kappa shape index (κ2) is 10.1. The van der Waals surface area contributed by atoms with Gasteiger partial charge in [-0.05, 0) is 57.0 Å². The van der Waals surface area contributed by atoms with Gasteiger partial charge < -0.3 is 14.8 Å². The van der Waals surface area contributed by atoms with E-state index in [0.717, 1.165) is 11.1 Å². The van der Waals surface area contributed by atoms with Crippen molar-refractivity contribution in [2.75, 3.05) is 6.54 Å². The normalized spacial score (nSPS) is 17.3. The summed E-state index contributed by atoms with van der Waals surface area (Å²) >= 11 is 0. The summed E-state index contributed by atoms with van der Waals surface area (Å²) in [6, 6.07) is 11.1. The fraction of sp³-hybridized carbons (Fsp3) is 0.333. The van der Waals surface area contributed by atoms with Crippen molar-refractivity contribution in [2.45, 2.75) is 44.8 Å². The van der Waals surface area contributed by atoms with E-state index in [1.807, 2.05) is 36.4 Å². The molecule has 2 atom stereocenters. The maximum Gasteiger partial charge on any atom is 0.413 e. The van der Waals surface area contributed by atoms with Crippen LogP contribution in [-0.4, -0.2) is 41.1 Å². The topological polar surface area (TPSA) is 113 Å². The van der Waals surface area contributed by atoms with Gasteiger partial charge in [-0.15, -0.1) is 0 Å². The molecule has 1 aromatic carbocycles. The number of rotatable bonds is 6. The van der Waals surface area contributed by atoms with Crippen LogP contribution >= 0.6 is 0 Å². The molecule has 0 spiro atoms. The van der Waals surface area contributed by atoms with Crippen molar-refractivity contribution in [2.24, 2.45) is 0 Å². The van der Waals surface area contributed by atoms with Crippen molar-refractivity contribution >= 4 is 23.9 Å². The smallest absolute Gasteiger partial charge is 0.413 e. The lowest BCUT2D eigenvalue weighted by Crippen LogP contribution is -2.44. The molecule has 8 heteroatoms. The lowest BCUT2D eigenvalue weighted by molar-refractivity contribution is -0.116. The van der Waals surface area contributed by atoms with Crippen LogP contribution in [0, 0.1) is 5.41 Å². The number of fused-ring (bicyclic) bond motifs is 1. The second-order valence-electron chi connectivity index (χ2n) is 8.42. The van der Waals surface area contributed by atoms with E-state index in [2.05, 4.69) is 15.6 Å². The predicted molar refractivity (Wildman–Crippen MR) is 122 cm³/mol. The largest absolute Gasteiger partial charge is 0.482 e. The van der Waals surface area contributed by atoms with Gasteiger partial charge in [0.15, 0.2) is 6.10 Å². The highest BCUT2D eigenvalue weighted by molar-refractivity contribution is 5.97. The number of carbonyl (C=O) groups is 2. The SMILES string of the molecule is CC(C)(C)OC(=O)NC(=N)C1Oc2ccccc2C1CCNC(=O)/C=C/c1ccncc1. The molecule has 3 rings (SSSR count). The van der Waals surface area contributed by atoms with E-state index in [9.17, 15) is 9.59 Å². The summed E-state index contributed by atoms with van der Waals surface area (Å²) in [7, 11) is 0. The molecule has 1 aromatic heterocycles. The highest BCUT2D eigenvalue weighted by Crippen LogP contribution is 2.40. The zero-order chi connectivity index (χ0) is 23.1. The minimum atomic E-state index is -0.699. The number of nitrogens with zero attached hydrogens (tertiary/aromatic N) is 1. The summed E-state index contributed by atoms with van der Waals surface area (Å²) < 4.78 is 11.2. The molecule has 3 N–H and O–H groups in total. The number of alkyl carbamates (subject to hydrolysis) is 1. The average molecular weight is 437 g/mol. The van der Waals surface area contributed by atoms with E-state index in [4.69, 9.17) is 14.9 Å². The zero-order valence-corrected chi connectivity index (χ0v) is 18.4. The third-order valence-electron chi connectivity index (χ3n) is 4.75. The number of amidine groups is 1. The molecule has 2 aromatic rings. The Morgan fingerprint density at radius 1 is 1.19 bits per heavy atom. The van der Waals surface area contributed by atoms with Crippen LogP contribution < -0.4 is 15.4 Å². The maximum absolute atomic E-state index is 12.2. The average Bonchev–Trinajstić information content (AvgIpc) is 3.10. The number of para-hydroxylation sites is 1. The highest BCUT2D eigenvalue weighted by Gasteiger charge is 2.37. The number of hydrogen-bond acceptors (Lipinski definition) is 6. The van der Waals surface area contributed by atoms with E-state index in [0.29, 0.717) is 18.7 Å². The van der Waals surface area contributed by atoms with Gasteiger partial charge in [0.1, 0.15) is 17.2 Å². The summed E-state index contributed by atoms with van der Waals surface area (Å²) in [5, 5.41) is 13.7. The zero-order valence-electron chi connectivity index (χ0n) is 18.4. The molecule has 8 nitrogen and oxygen atoms in total. The summed E-state index contributed by atoms with van der Waals surface area (Å²) in [6.45, 7) is 5.66. The molecule has 2 heterocycles. The number of ether oxygens (including phenoxy) is 2. The van der Waals surface area contributed by atoms with Crippen molar-refractivity contribution < 1.29 is 19.1 Å². The molecule has 0 bridgehead atoms. The van der Waals surface area contributed by atoms with Crippen molar-refractivity contribution in [1.29, 1.82) is 5.41 Å². The van der Waals surface area contributed by atoms with Crippen LogP contribution in [0.15, 0.2) is 54.9 Å². The molecule has 0 fully saturated rings. The van der Waals surface area contributed by atoms with Crippen molar-refractivity contribution in [1.82, 2.24) is 15.6 Å². The molecule has 0 radical (unpaired) electrons. The summed E-state index contributed by atoms with van der Waals surface area (Å²) in [6.07, 6.45) is 5.67. The lowest BCUT2D eigenvalue weighted by atomic mass is 9.91. The standard InChI is InChI=1S/C24H28N4O4/c1-24(2,3)32-23(30)28-22(25)21-18(17-6-4-5-7-19(17)31-21)12-15-27-20(29)9-8-16-10-13-26-14-11-16/h4-11,13-14,18,21H,12,15H2,1-3H3,(H,27,29)(H2,25,28,30)/b9-8+. The molecule has 1 aliphatic heterocycles. The maximum atomic E-state index is 12.2. The molecule has 0 saturated heterocycles. The Morgan fingerprint density at radius 2 is 1.91 bits per heavy atom. The Hall–Kier alpha value is -3.68. The Labute approximate surface area is 187 Å². The van der Waals surface area contributed by atoms with E-state index in [1.54, 1.807) is 39.2 Å². The number of amides is 2. The van der Waals surface area contributed by atoms with Gasteiger partial charge in [0.25, 0.3) is 0 Å². The fourth-order valence-electron chi connectivity index (χ4n) is 3.38. The molecule has 1 aliphatic rings. The van der Waals surface area contributed by atoms with Crippen molar-refractivity contribution in [3.63, 3.8) is 0 Å². The van der Waals surface area contributed by atoms with Crippen LogP contribution in [0.4, 0.5) is 4.79 Å². The first kappa shape index (κ1) is 23.0. The molecular formula is C24H28N4O4. The number of aromatic nitrogens is 1. The third-order valence-corrected chi connectivity index (χ3v) is 4.75. The number of hydrogen-bond donors (Lipinski definition) is 3. The van der Waals surface area contributed by atoms with Gasteiger partial charge in [0, 0.05) is 36.5 Å². The molecule has 168 valence electrons. The molecule has 0 aliphatic carbocycles. The second-order valence-corrected chi connectivity index (χ2v) is 8.42. The predicted octanol–water partition coefficient (Wildman–Crippen LogP) is 3.65. The van der Waals surface area contributed by atoms with Gasteiger partial charge in [-0.1, -0.05) is 18.2 Å². The number of nitrogens with one attached hydrogen (secondary N) is 3. The van der Waals surface area contributed by atoms with Crippen LogP contribution in [0.25, 0.3) is 6.08 Å². The van der Waals surface area contributed by atoms with Crippen molar-refractivity contribution in [3.05, 3.63) is 66.0 Å². The molecule has 0 saturated carbocycles. The first-order valence-corrected chi connectivity index (χ1v) is 10.4.